The van der Waals surface area contributed by atoms with Crippen molar-refractivity contribution in [3.8, 4) is 0 Å². The lowest BCUT2D eigenvalue weighted by atomic mass is 9.59. The maximum absolute atomic E-state index is 10.2. The van der Waals surface area contributed by atoms with Gasteiger partial charge in [-0.2, -0.15) is 0 Å². The molecule has 0 aromatic heterocycles. The Bertz CT molecular complexity index is 612. The molecular weight excluding hydrogens is 328 g/mol. The molecule has 1 saturated carbocycles. The molecule has 4 nitrogen and oxygen atoms in total. The number of aliphatic hydroxyl groups is 1. The summed E-state index contributed by atoms with van der Waals surface area (Å²) >= 11 is 0. The Balaban J connectivity index is 1.74. The van der Waals surface area contributed by atoms with Crippen LogP contribution in [-0.2, 0) is 20.8 Å². The number of hydrogen-bond donors (Lipinski definition) is 1. The zero-order valence-electron chi connectivity index (χ0n) is 16.2. The van der Waals surface area contributed by atoms with Crippen LogP contribution < -0.4 is 0 Å². The molecule has 0 spiro atoms. The molecule has 1 N–H and O–H groups in total. The molecule has 0 unspecified atom stereocenters. The molecule has 2 aliphatic rings. The van der Waals surface area contributed by atoms with Crippen molar-refractivity contribution in [2.75, 3.05) is 19.8 Å². The second-order valence-electron chi connectivity index (χ2n) is 8.47. The molecule has 4 atom stereocenters. The van der Waals surface area contributed by atoms with Gasteiger partial charge in [-0.25, -0.2) is 0 Å². The van der Waals surface area contributed by atoms with Gasteiger partial charge in [0.25, 0.3) is 0 Å². The molecule has 2 fully saturated rings. The Labute approximate surface area is 157 Å². The van der Waals surface area contributed by atoms with Crippen LogP contribution in [-0.4, -0.2) is 36.8 Å². The van der Waals surface area contributed by atoms with Crippen molar-refractivity contribution in [2.45, 2.75) is 52.1 Å². The molecule has 1 aliphatic heterocycles. The van der Waals surface area contributed by atoms with Gasteiger partial charge in [-0.1, -0.05) is 49.4 Å². The first-order valence-corrected chi connectivity index (χ1v) is 9.57. The zero-order chi connectivity index (χ0) is 18.8. The fourth-order valence-corrected chi connectivity index (χ4v) is 4.42. The fourth-order valence-electron chi connectivity index (χ4n) is 4.42. The lowest BCUT2D eigenvalue weighted by Gasteiger charge is -2.48. The minimum Gasteiger partial charge on any atom is -0.396 e. The molecule has 1 saturated heterocycles. The first-order chi connectivity index (χ1) is 12.3. The largest absolute Gasteiger partial charge is 0.396 e. The monoisotopic (exact) mass is 360 g/mol. The lowest BCUT2D eigenvalue weighted by Crippen LogP contribution is -2.49. The Hall–Kier alpha value is -1.20. The Kier molecular flexibility index (Phi) is 5.88. The van der Waals surface area contributed by atoms with E-state index in [1.807, 2.05) is 32.0 Å². The SMILES string of the molecule is C=C1CC[C@@](C)(CO)[C@H]([C@H]2COC(C)(C)O2)[C@H]1COCc1ccccc1. The minimum atomic E-state index is -0.574. The van der Waals surface area contributed by atoms with Gasteiger partial charge < -0.3 is 19.3 Å². The van der Waals surface area contributed by atoms with Crippen molar-refractivity contribution in [1.29, 1.82) is 0 Å². The van der Waals surface area contributed by atoms with Crippen molar-refractivity contribution in [2.24, 2.45) is 17.3 Å². The van der Waals surface area contributed by atoms with Gasteiger partial charge in [0.1, 0.15) is 0 Å². The Morgan fingerprint density at radius 1 is 1.23 bits per heavy atom. The summed E-state index contributed by atoms with van der Waals surface area (Å²) in [7, 11) is 0. The summed E-state index contributed by atoms with van der Waals surface area (Å²) in [6, 6.07) is 10.2. The van der Waals surface area contributed by atoms with Gasteiger partial charge in [-0.3, -0.25) is 0 Å². The van der Waals surface area contributed by atoms with Gasteiger partial charge >= 0.3 is 0 Å². The quantitative estimate of drug-likeness (QED) is 0.781. The summed E-state index contributed by atoms with van der Waals surface area (Å²) in [5.74, 6) is -0.284. The van der Waals surface area contributed by atoms with E-state index < -0.39 is 5.79 Å². The normalized spacial score (nSPS) is 34.2. The highest BCUT2D eigenvalue weighted by molar-refractivity contribution is 5.15. The van der Waals surface area contributed by atoms with Crippen LogP contribution in [0.4, 0.5) is 0 Å². The predicted molar refractivity (Wildman–Crippen MR) is 102 cm³/mol. The summed E-state index contributed by atoms with van der Waals surface area (Å²) in [5, 5.41) is 10.2. The van der Waals surface area contributed by atoms with Crippen molar-refractivity contribution in [1.82, 2.24) is 0 Å². The van der Waals surface area contributed by atoms with Crippen LogP contribution in [0.25, 0.3) is 0 Å². The molecule has 26 heavy (non-hydrogen) atoms. The Morgan fingerprint density at radius 3 is 2.58 bits per heavy atom. The van der Waals surface area contributed by atoms with E-state index in [4.69, 9.17) is 14.2 Å². The molecule has 1 aromatic carbocycles. The van der Waals surface area contributed by atoms with Crippen LogP contribution in [0, 0.1) is 17.3 Å². The van der Waals surface area contributed by atoms with Crippen molar-refractivity contribution in [3.63, 3.8) is 0 Å². The van der Waals surface area contributed by atoms with Gasteiger partial charge in [0.05, 0.1) is 25.9 Å². The molecule has 1 heterocycles. The summed E-state index contributed by atoms with van der Waals surface area (Å²) < 4.78 is 18.1. The van der Waals surface area contributed by atoms with E-state index in [1.54, 1.807) is 0 Å². The summed E-state index contributed by atoms with van der Waals surface area (Å²) in [4.78, 5) is 0. The van der Waals surface area contributed by atoms with Crippen LogP contribution in [0.15, 0.2) is 42.5 Å². The van der Waals surface area contributed by atoms with Gasteiger partial charge in [-0.05, 0) is 37.7 Å². The van der Waals surface area contributed by atoms with Crippen molar-refractivity contribution < 1.29 is 19.3 Å². The van der Waals surface area contributed by atoms with Crippen molar-refractivity contribution in [3.05, 3.63) is 48.0 Å². The molecule has 0 radical (unpaired) electrons. The van der Waals surface area contributed by atoms with Gasteiger partial charge in [0, 0.05) is 18.4 Å². The topological polar surface area (TPSA) is 47.9 Å². The maximum atomic E-state index is 10.2. The average Bonchev–Trinajstić information content (AvgIpc) is 2.98. The van der Waals surface area contributed by atoms with Crippen LogP contribution >= 0.6 is 0 Å². The number of hydrogen-bond acceptors (Lipinski definition) is 4. The number of ether oxygens (including phenoxy) is 3. The molecule has 0 amide bonds. The van der Waals surface area contributed by atoms with E-state index in [9.17, 15) is 5.11 Å². The van der Waals surface area contributed by atoms with E-state index in [2.05, 4.69) is 25.6 Å². The van der Waals surface area contributed by atoms with Gasteiger partial charge in [-0.15, -0.1) is 0 Å². The third-order valence-electron chi connectivity index (χ3n) is 5.98. The fraction of sp³-hybridized carbons (Fsp3) is 0.636. The van der Waals surface area contributed by atoms with E-state index in [-0.39, 0.29) is 30.0 Å². The molecule has 4 heteroatoms. The second kappa shape index (κ2) is 7.81. The number of aliphatic hydroxyl groups excluding tert-OH is 1. The molecule has 0 bridgehead atoms. The van der Waals surface area contributed by atoms with Gasteiger partial charge in [0.15, 0.2) is 5.79 Å². The zero-order valence-corrected chi connectivity index (χ0v) is 16.2. The Morgan fingerprint density at radius 2 is 1.96 bits per heavy atom. The molecule has 1 aliphatic carbocycles. The van der Waals surface area contributed by atoms with Crippen LogP contribution in [0.3, 0.4) is 0 Å². The van der Waals surface area contributed by atoms with Crippen molar-refractivity contribution >= 4 is 0 Å². The van der Waals surface area contributed by atoms with E-state index >= 15 is 0 Å². The third kappa shape index (κ3) is 4.20. The minimum absolute atomic E-state index is 0.0514. The number of rotatable bonds is 6. The summed E-state index contributed by atoms with van der Waals surface area (Å²) in [6.45, 7) is 12.2. The first-order valence-electron chi connectivity index (χ1n) is 9.57. The summed E-state index contributed by atoms with van der Waals surface area (Å²) in [5.41, 5.74) is 2.15. The second-order valence-corrected chi connectivity index (χ2v) is 8.47. The van der Waals surface area contributed by atoms with E-state index in [0.29, 0.717) is 19.8 Å². The lowest BCUT2D eigenvalue weighted by molar-refractivity contribution is -0.162. The average molecular weight is 360 g/mol. The number of benzene rings is 1. The molecule has 3 rings (SSSR count). The highest BCUT2D eigenvalue weighted by Gasteiger charge is 2.51. The smallest absolute Gasteiger partial charge is 0.163 e. The molecule has 144 valence electrons. The highest BCUT2D eigenvalue weighted by atomic mass is 16.7. The predicted octanol–water partition coefficient (Wildman–Crippen LogP) is 3.94. The van der Waals surface area contributed by atoms with E-state index in [0.717, 1.165) is 18.4 Å². The van der Waals surface area contributed by atoms with Crippen LogP contribution in [0.5, 0.6) is 0 Å². The summed E-state index contributed by atoms with van der Waals surface area (Å²) in [6.07, 6.45) is 1.79. The van der Waals surface area contributed by atoms with Crippen LogP contribution in [0.1, 0.15) is 39.2 Å². The van der Waals surface area contributed by atoms with E-state index in [1.165, 1.54) is 5.57 Å². The van der Waals surface area contributed by atoms with Gasteiger partial charge in [0.2, 0.25) is 0 Å². The maximum Gasteiger partial charge on any atom is 0.163 e. The standard InChI is InChI=1S/C22H32O4/c1-16-10-11-22(4,15-23)20(19-14-25-21(2,3)26-19)18(16)13-24-12-17-8-6-5-7-9-17/h5-9,18-20,23H,1,10-15H2,2-4H3/t18-,19+,20-,22-/m0/s1. The highest BCUT2D eigenvalue weighted by Crippen LogP contribution is 2.50. The molecule has 1 aromatic rings. The van der Waals surface area contributed by atoms with Crippen LogP contribution in [0.2, 0.25) is 0 Å². The first kappa shape index (κ1) is 19.6. The third-order valence-corrected chi connectivity index (χ3v) is 5.98. The molecular formula is C22H32O4.